The molecule has 32 heavy (non-hydrogen) atoms. The molecule has 3 aromatic rings. The van der Waals surface area contributed by atoms with Gasteiger partial charge in [-0.05, 0) is 59.6 Å². The van der Waals surface area contributed by atoms with Gasteiger partial charge in [0.05, 0.1) is 0 Å². The first kappa shape index (κ1) is 23.3. The van der Waals surface area contributed by atoms with Gasteiger partial charge in [-0.2, -0.15) is 0 Å². The van der Waals surface area contributed by atoms with Gasteiger partial charge in [0, 0.05) is 17.3 Å². The third-order valence-electron chi connectivity index (χ3n) is 4.70. The summed E-state index contributed by atoms with van der Waals surface area (Å²) in [5, 5.41) is 5.96. The summed E-state index contributed by atoms with van der Waals surface area (Å²) >= 11 is 5.30. The van der Waals surface area contributed by atoms with Gasteiger partial charge in [0.1, 0.15) is 24.7 Å². The number of carbonyl (C=O) groups is 1. The predicted octanol–water partition coefficient (Wildman–Crippen LogP) is 5.57. The van der Waals surface area contributed by atoms with Crippen LogP contribution in [0.4, 0.5) is 5.69 Å². The molecular weight excluding hydrogens is 420 g/mol. The van der Waals surface area contributed by atoms with Gasteiger partial charge in [-0.15, -0.1) is 0 Å². The van der Waals surface area contributed by atoms with Gasteiger partial charge >= 0.3 is 0 Å². The molecule has 0 spiro atoms. The molecule has 6 heteroatoms. The van der Waals surface area contributed by atoms with E-state index < -0.39 is 0 Å². The Balaban J connectivity index is 1.48. The summed E-state index contributed by atoms with van der Waals surface area (Å²) in [4.78, 5) is 12.5. The number of amides is 1. The van der Waals surface area contributed by atoms with E-state index in [4.69, 9.17) is 21.7 Å². The number of nitrogens with one attached hydrogen (secondary N) is 2. The molecule has 166 valence electrons. The van der Waals surface area contributed by atoms with Crippen LogP contribution in [0.2, 0.25) is 0 Å². The number of para-hydroxylation sites is 1. The zero-order valence-electron chi connectivity index (χ0n) is 18.6. The Hall–Kier alpha value is -3.38. The van der Waals surface area contributed by atoms with E-state index in [2.05, 4.69) is 31.4 Å². The van der Waals surface area contributed by atoms with E-state index in [9.17, 15) is 4.79 Å². The number of carbonyl (C=O) groups excluding carboxylic acids is 1. The normalized spacial score (nSPS) is 10.8. The molecule has 0 aliphatic rings. The van der Waals surface area contributed by atoms with E-state index in [1.165, 1.54) is 5.56 Å². The first-order valence-electron chi connectivity index (χ1n) is 10.4. The van der Waals surface area contributed by atoms with Crippen LogP contribution in [0.25, 0.3) is 0 Å². The Morgan fingerprint density at radius 1 is 0.844 bits per heavy atom. The standard InChI is InChI=1S/C26H28N2O3S/c1-26(2,3)20-14-12-19(13-15-20)24(29)28-25(32)27-21-8-7-11-23(18-21)31-17-16-30-22-9-5-4-6-10-22/h4-15,18H,16-17H2,1-3H3,(H2,27,28,29,32). The van der Waals surface area contributed by atoms with Crippen LogP contribution in [0.3, 0.4) is 0 Å². The van der Waals surface area contributed by atoms with Gasteiger partial charge < -0.3 is 14.8 Å². The lowest BCUT2D eigenvalue weighted by molar-refractivity contribution is 0.0977. The minimum atomic E-state index is -0.256. The second-order valence-corrected chi connectivity index (χ2v) is 8.68. The fourth-order valence-electron chi connectivity index (χ4n) is 2.96. The Morgan fingerprint density at radius 3 is 2.12 bits per heavy atom. The minimum absolute atomic E-state index is 0.0343. The number of rotatable bonds is 7. The highest BCUT2D eigenvalue weighted by Gasteiger charge is 2.14. The van der Waals surface area contributed by atoms with Crippen molar-refractivity contribution in [2.45, 2.75) is 26.2 Å². The van der Waals surface area contributed by atoms with Crippen molar-refractivity contribution in [2.75, 3.05) is 18.5 Å². The van der Waals surface area contributed by atoms with Gasteiger partial charge in [-0.1, -0.05) is 57.2 Å². The largest absolute Gasteiger partial charge is 0.490 e. The first-order chi connectivity index (χ1) is 15.3. The number of benzene rings is 3. The summed E-state index contributed by atoms with van der Waals surface area (Å²) in [5.74, 6) is 1.23. The van der Waals surface area contributed by atoms with Crippen LogP contribution in [0.1, 0.15) is 36.7 Å². The zero-order valence-corrected chi connectivity index (χ0v) is 19.4. The molecule has 0 heterocycles. The third kappa shape index (κ3) is 7.10. The highest BCUT2D eigenvalue weighted by molar-refractivity contribution is 7.80. The summed E-state index contributed by atoms with van der Waals surface area (Å²) in [6.45, 7) is 7.24. The number of hydrogen-bond acceptors (Lipinski definition) is 4. The Kier molecular flexibility index (Phi) is 7.84. The van der Waals surface area contributed by atoms with Crippen molar-refractivity contribution in [3.05, 3.63) is 90.0 Å². The Labute approximate surface area is 194 Å². The molecular formula is C26H28N2O3S. The van der Waals surface area contributed by atoms with E-state index in [1.807, 2.05) is 78.9 Å². The highest BCUT2D eigenvalue weighted by atomic mass is 32.1. The van der Waals surface area contributed by atoms with Crippen LogP contribution in [0.15, 0.2) is 78.9 Å². The van der Waals surface area contributed by atoms with E-state index in [1.54, 1.807) is 0 Å². The minimum Gasteiger partial charge on any atom is -0.490 e. The van der Waals surface area contributed by atoms with E-state index in [0.29, 0.717) is 24.5 Å². The van der Waals surface area contributed by atoms with Crippen molar-refractivity contribution in [2.24, 2.45) is 0 Å². The zero-order chi connectivity index (χ0) is 23.0. The monoisotopic (exact) mass is 448 g/mol. The molecule has 2 N–H and O–H groups in total. The van der Waals surface area contributed by atoms with Gasteiger partial charge in [0.25, 0.3) is 5.91 Å². The van der Waals surface area contributed by atoms with Crippen LogP contribution < -0.4 is 20.1 Å². The van der Waals surface area contributed by atoms with Crippen molar-refractivity contribution >= 4 is 28.9 Å². The Bertz CT molecular complexity index is 1040. The quantitative estimate of drug-likeness (QED) is 0.366. The number of anilines is 1. The number of hydrogen-bond donors (Lipinski definition) is 2. The van der Waals surface area contributed by atoms with Crippen LogP contribution in [-0.4, -0.2) is 24.2 Å². The topological polar surface area (TPSA) is 59.6 Å². The molecule has 0 saturated carbocycles. The second kappa shape index (κ2) is 10.8. The fraction of sp³-hybridized carbons (Fsp3) is 0.231. The van der Waals surface area contributed by atoms with Crippen molar-refractivity contribution in [1.29, 1.82) is 0 Å². The SMILES string of the molecule is CC(C)(C)c1ccc(C(=O)NC(=S)Nc2cccc(OCCOc3ccccc3)c2)cc1. The molecule has 0 fully saturated rings. The van der Waals surface area contributed by atoms with E-state index in [0.717, 1.165) is 11.4 Å². The molecule has 3 rings (SSSR count). The van der Waals surface area contributed by atoms with Crippen molar-refractivity contribution in [3.8, 4) is 11.5 Å². The van der Waals surface area contributed by atoms with Crippen LogP contribution >= 0.6 is 12.2 Å². The fourth-order valence-corrected chi connectivity index (χ4v) is 3.17. The molecule has 0 aliphatic carbocycles. The van der Waals surface area contributed by atoms with Gasteiger partial charge in [0.15, 0.2) is 5.11 Å². The first-order valence-corrected chi connectivity index (χ1v) is 10.9. The van der Waals surface area contributed by atoms with Crippen LogP contribution in [0, 0.1) is 0 Å². The molecule has 0 bridgehead atoms. The molecule has 0 atom stereocenters. The summed E-state index contributed by atoms with van der Waals surface area (Å²) in [6, 6.07) is 24.5. The Morgan fingerprint density at radius 2 is 1.47 bits per heavy atom. The highest BCUT2D eigenvalue weighted by Crippen LogP contribution is 2.22. The van der Waals surface area contributed by atoms with E-state index in [-0.39, 0.29) is 16.4 Å². The van der Waals surface area contributed by atoms with Crippen molar-refractivity contribution < 1.29 is 14.3 Å². The third-order valence-corrected chi connectivity index (χ3v) is 4.90. The van der Waals surface area contributed by atoms with Gasteiger partial charge in [-0.3, -0.25) is 10.1 Å². The number of ether oxygens (including phenoxy) is 2. The van der Waals surface area contributed by atoms with Crippen molar-refractivity contribution in [3.63, 3.8) is 0 Å². The van der Waals surface area contributed by atoms with Crippen LogP contribution in [0.5, 0.6) is 11.5 Å². The average Bonchev–Trinajstić information content (AvgIpc) is 2.77. The average molecular weight is 449 g/mol. The molecule has 1 amide bonds. The lowest BCUT2D eigenvalue weighted by Gasteiger charge is -2.19. The smallest absolute Gasteiger partial charge is 0.257 e. The number of thiocarbonyl (C=S) groups is 1. The van der Waals surface area contributed by atoms with Crippen LogP contribution in [-0.2, 0) is 5.41 Å². The summed E-state index contributed by atoms with van der Waals surface area (Å²) < 4.78 is 11.4. The summed E-state index contributed by atoms with van der Waals surface area (Å²) in [7, 11) is 0. The van der Waals surface area contributed by atoms with E-state index >= 15 is 0 Å². The maximum Gasteiger partial charge on any atom is 0.257 e. The summed E-state index contributed by atoms with van der Waals surface area (Å²) in [5.41, 5.74) is 2.48. The summed E-state index contributed by atoms with van der Waals surface area (Å²) in [6.07, 6.45) is 0. The molecule has 0 radical (unpaired) electrons. The molecule has 0 aromatic heterocycles. The predicted molar refractivity (Wildman–Crippen MR) is 133 cm³/mol. The molecule has 0 aliphatic heterocycles. The van der Waals surface area contributed by atoms with Gasteiger partial charge in [0.2, 0.25) is 0 Å². The molecule has 0 unspecified atom stereocenters. The molecule has 5 nitrogen and oxygen atoms in total. The lowest BCUT2D eigenvalue weighted by atomic mass is 9.87. The van der Waals surface area contributed by atoms with Crippen molar-refractivity contribution in [1.82, 2.24) is 5.32 Å². The van der Waals surface area contributed by atoms with Gasteiger partial charge in [-0.25, -0.2) is 0 Å². The molecule has 0 saturated heterocycles. The maximum atomic E-state index is 12.5. The second-order valence-electron chi connectivity index (χ2n) is 8.27. The lowest BCUT2D eigenvalue weighted by Crippen LogP contribution is -2.34. The molecule has 3 aromatic carbocycles. The maximum absolute atomic E-state index is 12.5.